The van der Waals surface area contributed by atoms with Gasteiger partial charge in [-0.15, -0.1) is 11.3 Å². The summed E-state index contributed by atoms with van der Waals surface area (Å²) in [6.45, 7) is 2.06. The van der Waals surface area contributed by atoms with Gasteiger partial charge in [0, 0.05) is 23.4 Å². The molecule has 1 unspecified atom stereocenters. The number of fused-ring (bicyclic) bond motifs is 1. The maximum Gasteiger partial charge on any atom is 0.220 e. The van der Waals surface area contributed by atoms with Gasteiger partial charge in [0.2, 0.25) is 5.91 Å². The molecule has 0 aliphatic carbocycles. The Morgan fingerprint density at radius 2 is 2.18 bits per heavy atom. The molecule has 0 saturated heterocycles. The molecule has 120 valence electrons. The van der Waals surface area contributed by atoms with Crippen LogP contribution < -0.4 is 5.32 Å². The van der Waals surface area contributed by atoms with Crippen LogP contribution in [0, 0.1) is 0 Å². The minimum Gasteiger partial charge on any atom is -0.387 e. The summed E-state index contributed by atoms with van der Waals surface area (Å²) in [6.07, 6.45) is 4.19. The van der Waals surface area contributed by atoms with Crippen LogP contribution in [0.4, 0.5) is 0 Å². The molecule has 2 rings (SSSR count). The predicted octanol–water partition coefficient (Wildman–Crippen LogP) is 3.45. The molecule has 0 saturated carbocycles. The summed E-state index contributed by atoms with van der Waals surface area (Å²) < 4.78 is 1.30. The minimum atomic E-state index is -0.835. The van der Waals surface area contributed by atoms with Crippen molar-refractivity contribution in [3.63, 3.8) is 0 Å². The number of thioether (sulfide) groups is 1. The van der Waals surface area contributed by atoms with Crippen LogP contribution in [0.25, 0.3) is 10.1 Å². The number of benzene rings is 1. The normalized spacial score (nSPS) is 14.0. The van der Waals surface area contributed by atoms with Crippen molar-refractivity contribution < 1.29 is 9.90 Å². The standard InChI is InChI=1S/C17H23NO2S2/c1-17(20,12-21-2)11-18-16(19)9-5-6-13-10-22-15-8-4-3-7-14(13)15/h3-4,7-8,10,20H,5-6,9,11-12H2,1-2H3,(H,18,19). The third kappa shape index (κ3) is 5.00. The molecule has 1 aromatic heterocycles. The number of carbonyl (C=O) groups is 1. The average Bonchev–Trinajstić information content (AvgIpc) is 2.89. The molecule has 1 heterocycles. The van der Waals surface area contributed by atoms with Crippen molar-refractivity contribution in [2.45, 2.75) is 31.8 Å². The molecular formula is C17H23NO2S2. The van der Waals surface area contributed by atoms with E-state index in [1.54, 1.807) is 30.0 Å². The Labute approximate surface area is 140 Å². The Morgan fingerprint density at radius 3 is 2.95 bits per heavy atom. The second kappa shape index (κ2) is 7.99. The lowest BCUT2D eigenvalue weighted by Crippen LogP contribution is -2.42. The molecule has 1 atom stereocenters. The molecule has 1 aromatic carbocycles. The molecule has 2 N–H and O–H groups in total. The zero-order valence-corrected chi connectivity index (χ0v) is 14.7. The summed E-state index contributed by atoms with van der Waals surface area (Å²) in [4.78, 5) is 11.9. The second-order valence-electron chi connectivity index (χ2n) is 5.82. The van der Waals surface area contributed by atoms with Crippen LogP contribution in [-0.2, 0) is 11.2 Å². The summed E-state index contributed by atoms with van der Waals surface area (Å²) in [6, 6.07) is 8.38. The van der Waals surface area contributed by atoms with E-state index in [-0.39, 0.29) is 5.91 Å². The van der Waals surface area contributed by atoms with Crippen molar-refractivity contribution in [2.24, 2.45) is 0 Å². The highest BCUT2D eigenvalue weighted by Crippen LogP contribution is 2.26. The third-order valence-corrected chi connectivity index (χ3v) is 5.46. The zero-order chi connectivity index (χ0) is 16.0. The summed E-state index contributed by atoms with van der Waals surface area (Å²) >= 11 is 3.33. The SMILES string of the molecule is CSCC(C)(O)CNC(=O)CCCc1csc2ccccc12. The first-order valence-electron chi connectivity index (χ1n) is 7.45. The Balaban J connectivity index is 1.75. The lowest BCUT2D eigenvalue weighted by Gasteiger charge is -2.22. The molecule has 5 heteroatoms. The summed E-state index contributed by atoms with van der Waals surface area (Å²) in [5.74, 6) is 0.634. The lowest BCUT2D eigenvalue weighted by atomic mass is 10.1. The van der Waals surface area contributed by atoms with Gasteiger partial charge in [0.1, 0.15) is 0 Å². The van der Waals surface area contributed by atoms with E-state index in [1.165, 1.54) is 15.6 Å². The fourth-order valence-electron chi connectivity index (χ4n) is 2.41. The first-order valence-corrected chi connectivity index (χ1v) is 9.72. The number of aryl methyl sites for hydroxylation is 1. The topological polar surface area (TPSA) is 49.3 Å². The van der Waals surface area contributed by atoms with Gasteiger partial charge in [-0.25, -0.2) is 0 Å². The van der Waals surface area contributed by atoms with Crippen LogP contribution in [0.15, 0.2) is 29.6 Å². The van der Waals surface area contributed by atoms with Crippen molar-refractivity contribution in [3.8, 4) is 0 Å². The second-order valence-corrected chi connectivity index (χ2v) is 7.59. The van der Waals surface area contributed by atoms with Crippen molar-refractivity contribution in [2.75, 3.05) is 18.6 Å². The van der Waals surface area contributed by atoms with E-state index in [0.29, 0.717) is 18.7 Å². The number of rotatable bonds is 8. The molecule has 0 fully saturated rings. The molecular weight excluding hydrogens is 314 g/mol. The largest absolute Gasteiger partial charge is 0.387 e. The van der Waals surface area contributed by atoms with Crippen molar-refractivity contribution in [3.05, 3.63) is 35.2 Å². The Hall–Kier alpha value is -1.04. The van der Waals surface area contributed by atoms with E-state index in [0.717, 1.165) is 12.8 Å². The molecule has 22 heavy (non-hydrogen) atoms. The van der Waals surface area contributed by atoms with Crippen LogP contribution in [0.2, 0.25) is 0 Å². The maximum absolute atomic E-state index is 11.9. The number of thiophene rings is 1. The van der Waals surface area contributed by atoms with Crippen molar-refractivity contribution in [1.82, 2.24) is 5.32 Å². The van der Waals surface area contributed by atoms with Gasteiger partial charge in [0.05, 0.1) is 5.60 Å². The monoisotopic (exact) mass is 337 g/mol. The van der Waals surface area contributed by atoms with Gasteiger partial charge in [-0.2, -0.15) is 11.8 Å². The van der Waals surface area contributed by atoms with Gasteiger partial charge in [0.25, 0.3) is 0 Å². The van der Waals surface area contributed by atoms with E-state index in [1.807, 2.05) is 6.26 Å². The molecule has 0 bridgehead atoms. The van der Waals surface area contributed by atoms with Gasteiger partial charge in [-0.05, 0) is 48.4 Å². The highest BCUT2D eigenvalue weighted by atomic mass is 32.2. The lowest BCUT2D eigenvalue weighted by molar-refractivity contribution is -0.122. The Morgan fingerprint density at radius 1 is 1.41 bits per heavy atom. The van der Waals surface area contributed by atoms with E-state index < -0.39 is 5.60 Å². The molecule has 0 radical (unpaired) electrons. The smallest absolute Gasteiger partial charge is 0.220 e. The van der Waals surface area contributed by atoms with Crippen LogP contribution in [0.3, 0.4) is 0 Å². The summed E-state index contributed by atoms with van der Waals surface area (Å²) in [7, 11) is 0. The van der Waals surface area contributed by atoms with E-state index in [9.17, 15) is 9.90 Å². The van der Waals surface area contributed by atoms with Crippen molar-refractivity contribution in [1.29, 1.82) is 0 Å². The first kappa shape index (κ1) is 17.3. The number of amides is 1. The maximum atomic E-state index is 11.9. The number of hydrogen-bond acceptors (Lipinski definition) is 4. The highest BCUT2D eigenvalue weighted by Gasteiger charge is 2.20. The first-order chi connectivity index (χ1) is 10.5. The van der Waals surface area contributed by atoms with Gasteiger partial charge in [0.15, 0.2) is 0 Å². The van der Waals surface area contributed by atoms with Gasteiger partial charge >= 0.3 is 0 Å². The van der Waals surface area contributed by atoms with Crippen LogP contribution in [0.5, 0.6) is 0 Å². The fourth-order valence-corrected chi connectivity index (χ4v) is 4.13. The summed E-state index contributed by atoms with van der Waals surface area (Å²) in [5.41, 5.74) is 0.487. The van der Waals surface area contributed by atoms with Crippen LogP contribution in [-0.4, -0.2) is 35.2 Å². The van der Waals surface area contributed by atoms with E-state index in [4.69, 9.17) is 0 Å². The quantitative estimate of drug-likeness (QED) is 0.775. The van der Waals surface area contributed by atoms with Crippen molar-refractivity contribution >= 4 is 39.1 Å². The van der Waals surface area contributed by atoms with E-state index >= 15 is 0 Å². The molecule has 2 aromatic rings. The fraction of sp³-hybridized carbons (Fsp3) is 0.471. The number of carbonyl (C=O) groups excluding carboxylic acids is 1. The Kier molecular flexibility index (Phi) is 6.29. The number of hydrogen-bond donors (Lipinski definition) is 2. The average molecular weight is 338 g/mol. The molecule has 0 aliphatic rings. The minimum absolute atomic E-state index is 0.0147. The number of nitrogens with one attached hydrogen (secondary N) is 1. The van der Waals surface area contributed by atoms with Gasteiger partial charge in [-0.1, -0.05) is 18.2 Å². The molecule has 1 amide bonds. The summed E-state index contributed by atoms with van der Waals surface area (Å²) in [5, 5.41) is 16.3. The molecule has 3 nitrogen and oxygen atoms in total. The number of aliphatic hydroxyl groups is 1. The van der Waals surface area contributed by atoms with Gasteiger partial charge in [-0.3, -0.25) is 4.79 Å². The zero-order valence-electron chi connectivity index (χ0n) is 13.1. The highest BCUT2D eigenvalue weighted by molar-refractivity contribution is 7.98. The van der Waals surface area contributed by atoms with Crippen LogP contribution in [0.1, 0.15) is 25.3 Å². The van der Waals surface area contributed by atoms with Crippen LogP contribution >= 0.6 is 23.1 Å². The molecule has 0 spiro atoms. The Bertz CT molecular complexity index is 622. The van der Waals surface area contributed by atoms with Gasteiger partial charge < -0.3 is 10.4 Å². The molecule has 0 aliphatic heterocycles. The third-order valence-electron chi connectivity index (χ3n) is 3.53. The van der Waals surface area contributed by atoms with E-state index in [2.05, 4.69) is 35.0 Å². The predicted molar refractivity (Wildman–Crippen MR) is 96.8 cm³/mol.